The highest BCUT2D eigenvalue weighted by atomic mass is 16.6. The van der Waals surface area contributed by atoms with Crippen LogP contribution in [-0.4, -0.2) is 34.1 Å². The molecule has 0 radical (unpaired) electrons. The molecule has 0 heterocycles. The molecule has 0 saturated carbocycles. The monoisotopic (exact) mass is 284 g/mol. The average Bonchev–Trinajstić information content (AvgIpc) is 2.35. The van der Waals surface area contributed by atoms with Gasteiger partial charge >= 0.3 is 0 Å². The smallest absolute Gasteiger partial charge is 0.299 e. The number of nitro benzene ring substituents is 2. The minimum atomic E-state index is -0.782. The molecule has 1 aromatic carbocycles. The zero-order valence-electron chi connectivity index (χ0n) is 10.9. The number of hydrogen-bond acceptors (Lipinski definition) is 7. The predicted molar refractivity (Wildman–Crippen MR) is 72.7 cm³/mol. The van der Waals surface area contributed by atoms with Crippen molar-refractivity contribution >= 4 is 17.1 Å². The number of aliphatic hydroxyl groups is 1. The molecule has 0 aliphatic rings. The van der Waals surface area contributed by atoms with Gasteiger partial charge in [0, 0.05) is 25.6 Å². The SMILES string of the molecule is CC(O)Cc1cc([N+](=O)[O-])cc([N+](=O)[O-])c1NCCN. The molecule has 0 saturated heterocycles. The maximum atomic E-state index is 11.0. The Morgan fingerprint density at radius 3 is 2.45 bits per heavy atom. The van der Waals surface area contributed by atoms with Gasteiger partial charge in [0.2, 0.25) is 0 Å². The van der Waals surface area contributed by atoms with E-state index < -0.39 is 21.6 Å². The first-order valence-corrected chi connectivity index (χ1v) is 5.94. The number of nitrogens with one attached hydrogen (secondary N) is 1. The van der Waals surface area contributed by atoms with E-state index in [0.29, 0.717) is 5.56 Å². The normalized spacial score (nSPS) is 11.9. The zero-order valence-corrected chi connectivity index (χ0v) is 10.9. The summed E-state index contributed by atoms with van der Waals surface area (Å²) in [7, 11) is 0. The molecule has 20 heavy (non-hydrogen) atoms. The molecule has 0 aliphatic carbocycles. The molecule has 1 atom stereocenters. The zero-order chi connectivity index (χ0) is 15.3. The van der Waals surface area contributed by atoms with E-state index in [1.807, 2.05) is 0 Å². The summed E-state index contributed by atoms with van der Waals surface area (Å²) in [5.41, 5.74) is 5.03. The van der Waals surface area contributed by atoms with Crippen molar-refractivity contribution in [3.05, 3.63) is 37.9 Å². The van der Waals surface area contributed by atoms with Crippen LogP contribution in [0.5, 0.6) is 0 Å². The van der Waals surface area contributed by atoms with Gasteiger partial charge < -0.3 is 16.2 Å². The third-order valence-corrected chi connectivity index (χ3v) is 2.55. The first kappa shape index (κ1) is 15.8. The Morgan fingerprint density at radius 1 is 1.35 bits per heavy atom. The van der Waals surface area contributed by atoms with E-state index >= 15 is 0 Å². The fourth-order valence-electron chi connectivity index (χ4n) is 1.80. The molecular weight excluding hydrogens is 268 g/mol. The van der Waals surface area contributed by atoms with Crippen LogP contribution in [0, 0.1) is 20.2 Å². The van der Waals surface area contributed by atoms with Crippen molar-refractivity contribution in [1.29, 1.82) is 0 Å². The molecule has 110 valence electrons. The van der Waals surface area contributed by atoms with Crippen LogP contribution >= 0.6 is 0 Å². The summed E-state index contributed by atoms with van der Waals surface area (Å²) in [6, 6.07) is 2.11. The molecule has 9 heteroatoms. The second-order valence-electron chi connectivity index (χ2n) is 4.28. The third kappa shape index (κ3) is 3.87. The lowest BCUT2D eigenvalue weighted by Crippen LogP contribution is -2.17. The first-order valence-electron chi connectivity index (χ1n) is 5.94. The van der Waals surface area contributed by atoms with Crippen LogP contribution in [0.3, 0.4) is 0 Å². The van der Waals surface area contributed by atoms with Crippen molar-refractivity contribution in [3.8, 4) is 0 Å². The number of nitrogens with zero attached hydrogens (tertiary/aromatic N) is 2. The number of hydrogen-bond donors (Lipinski definition) is 3. The van der Waals surface area contributed by atoms with E-state index in [0.717, 1.165) is 6.07 Å². The molecular formula is C11H16N4O5. The van der Waals surface area contributed by atoms with Crippen LogP contribution in [0.4, 0.5) is 17.1 Å². The van der Waals surface area contributed by atoms with E-state index in [9.17, 15) is 25.3 Å². The lowest BCUT2D eigenvalue weighted by Gasteiger charge is -2.13. The van der Waals surface area contributed by atoms with Crippen LogP contribution < -0.4 is 11.1 Å². The Kier molecular flexibility index (Phi) is 5.35. The number of benzene rings is 1. The second kappa shape index (κ2) is 6.78. The van der Waals surface area contributed by atoms with Gasteiger partial charge in [-0.25, -0.2) is 0 Å². The summed E-state index contributed by atoms with van der Waals surface area (Å²) in [6.45, 7) is 2.03. The lowest BCUT2D eigenvalue weighted by molar-refractivity contribution is -0.393. The van der Waals surface area contributed by atoms with Crippen molar-refractivity contribution in [2.24, 2.45) is 5.73 Å². The van der Waals surface area contributed by atoms with Crippen LogP contribution in [0.1, 0.15) is 12.5 Å². The molecule has 0 aromatic heterocycles. The Balaban J connectivity index is 3.40. The maximum Gasteiger partial charge on any atom is 0.299 e. The fourth-order valence-corrected chi connectivity index (χ4v) is 1.80. The molecule has 1 rings (SSSR count). The molecule has 9 nitrogen and oxygen atoms in total. The van der Waals surface area contributed by atoms with Crippen molar-refractivity contribution in [1.82, 2.24) is 0 Å². The van der Waals surface area contributed by atoms with E-state index in [4.69, 9.17) is 5.73 Å². The summed E-state index contributed by atoms with van der Waals surface area (Å²) in [6.07, 6.45) is -0.717. The summed E-state index contributed by atoms with van der Waals surface area (Å²) < 4.78 is 0. The van der Waals surface area contributed by atoms with Gasteiger partial charge in [-0.3, -0.25) is 20.2 Å². The van der Waals surface area contributed by atoms with E-state index in [-0.39, 0.29) is 30.9 Å². The molecule has 0 aliphatic heterocycles. The fraction of sp³-hybridized carbons (Fsp3) is 0.455. The van der Waals surface area contributed by atoms with Crippen LogP contribution in [0.2, 0.25) is 0 Å². The topological polar surface area (TPSA) is 145 Å². The Hall–Kier alpha value is -2.26. The van der Waals surface area contributed by atoms with E-state index in [2.05, 4.69) is 5.32 Å². The number of rotatable bonds is 7. The van der Waals surface area contributed by atoms with Gasteiger partial charge in [0.1, 0.15) is 5.69 Å². The van der Waals surface area contributed by atoms with Gasteiger partial charge in [0.05, 0.1) is 22.0 Å². The van der Waals surface area contributed by atoms with Crippen molar-refractivity contribution in [2.45, 2.75) is 19.4 Å². The number of anilines is 1. The number of nitrogens with two attached hydrogens (primary N) is 1. The summed E-state index contributed by atoms with van der Waals surface area (Å²) >= 11 is 0. The average molecular weight is 284 g/mol. The second-order valence-corrected chi connectivity index (χ2v) is 4.28. The summed E-state index contributed by atoms with van der Waals surface area (Å²) in [4.78, 5) is 20.5. The van der Waals surface area contributed by atoms with Crippen LogP contribution in [0.25, 0.3) is 0 Å². The quantitative estimate of drug-likeness (QED) is 0.495. The first-order chi connectivity index (χ1) is 9.36. The van der Waals surface area contributed by atoms with E-state index in [1.54, 1.807) is 0 Å². The van der Waals surface area contributed by atoms with Gasteiger partial charge in [-0.2, -0.15) is 0 Å². The van der Waals surface area contributed by atoms with Gasteiger partial charge in [-0.05, 0) is 12.5 Å². The molecule has 1 unspecified atom stereocenters. The lowest BCUT2D eigenvalue weighted by atomic mass is 10.0. The third-order valence-electron chi connectivity index (χ3n) is 2.55. The molecule has 4 N–H and O–H groups in total. The highest BCUT2D eigenvalue weighted by Gasteiger charge is 2.24. The number of nitro groups is 2. The number of non-ortho nitro benzene ring substituents is 1. The molecule has 0 amide bonds. The van der Waals surface area contributed by atoms with Crippen LogP contribution in [-0.2, 0) is 6.42 Å². The Bertz CT molecular complexity index is 518. The Labute approximate surface area is 114 Å². The van der Waals surface area contributed by atoms with Gasteiger partial charge in [-0.15, -0.1) is 0 Å². The van der Waals surface area contributed by atoms with Gasteiger partial charge in [-0.1, -0.05) is 0 Å². The summed E-state index contributed by atoms with van der Waals surface area (Å²) in [5.74, 6) is 0. The maximum absolute atomic E-state index is 11.0. The van der Waals surface area contributed by atoms with Gasteiger partial charge in [0.15, 0.2) is 0 Å². The standard InChI is InChI=1S/C11H16N4O5/c1-7(16)4-8-5-9(14(17)18)6-10(15(19)20)11(8)13-3-2-12/h5-7,13,16H,2-4,12H2,1H3. The predicted octanol–water partition coefficient (Wildman–Crippen LogP) is 0.797. The van der Waals surface area contributed by atoms with E-state index in [1.165, 1.54) is 13.0 Å². The van der Waals surface area contributed by atoms with Crippen LogP contribution in [0.15, 0.2) is 12.1 Å². The van der Waals surface area contributed by atoms with Crippen molar-refractivity contribution < 1.29 is 15.0 Å². The molecule has 0 bridgehead atoms. The van der Waals surface area contributed by atoms with Crippen molar-refractivity contribution in [3.63, 3.8) is 0 Å². The highest BCUT2D eigenvalue weighted by Crippen LogP contribution is 2.34. The minimum Gasteiger partial charge on any atom is -0.393 e. The Morgan fingerprint density at radius 2 is 2.00 bits per heavy atom. The largest absolute Gasteiger partial charge is 0.393 e. The van der Waals surface area contributed by atoms with Gasteiger partial charge in [0.25, 0.3) is 11.4 Å². The molecule has 1 aromatic rings. The summed E-state index contributed by atoms with van der Waals surface area (Å²) in [5, 5.41) is 34.1. The minimum absolute atomic E-state index is 0.0649. The molecule has 0 spiro atoms. The number of aliphatic hydroxyl groups excluding tert-OH is 1. The highest BCUT2D eigenvalue weighted by molar-refractivity contribution is 5.70. The molecule has 0 fully saturated rings. The van der Waals surface area contributed by atoms with Crippen molar-refractivity contribution in [2.75, 3.05) is 18.4 Å².